The van der Waals surface area contributed by atoms with Gasteiger partial charge in [0.05, 0.1) is 6.61 Å². The van der Waals surface area contributed by atoms with E-state index in [2.05, 4.69) is 44.3 Å². The molecule has 1 N–H and O–H groups in total. The number of nitrogens with one attached hydrogen (secondary N) is 1. The topological polar surface area (TPSA) is 21.3 Å². The van der Waals surface area contributed by atoms with Crippen molar-refractivity contribution in [2.24, 2.45) is 11.8 Å². The molecule has 0 saturated carbocycles. The predicted molar refractivity (Wildman–Crippen MR) is 78.2 cm³/mol. The first-order valence-electron chi connectivity index (χ1n) is 7.04. The van der Waals surface area contributed by atoms with Crippen LogP contribution in [0, 0.1) is 11.8 Å². The van der Waals surface area contributed by atoms with Gasteiger partial charge >= 0.3 is 0 Å². The molecule has 0 heterocycles. The van der Waals surface area contributed by atoms with Gasteiger partial charge in [0.1, 0.15) is 5.75 Å². The van der Waals surface area contributed by atoms with E-state index in [1.165, 1.54) is 5.56 Å². The van der Waals surface area contributed by atoms with E-state index in [4.69, 9.17) is 4.74 Å². The van der Waals surface area contributed by atoms with Crippen molar-refractivity contribution in [1.82, 2.24) is 5.32 Å². The molecule has 102 valence electrons. The molecule has 2 nitrogen and oxygen atoms in total. The molecule has 0 spiro atoms. The van der Waals surface area contributed by atoms with Crippen molar-refractivity contribution in [3.63, 3.8) is 0 Å². The van der Waals surface area contributed by atoms with Gasteiger partial charge in [-0.3, -0.25) is 0 Å². The van der Waals surface area contributed by atoms with Crippen molar-refractivity contribution in [3.05, 3.63) is 29.8 Å². The summed E-state index contributed by atoms with van der Waals surface area (Å²) in [6.45, 7) is 11.7. The number of hydrogen-bond acceptors (Lipinski definition) is 2. The Morgan fingerprint density at radius 1 is 1.17 bits per heavy atom. The lowest BCUT2D eigenvalue weighted by atomic mass is 10.0. The maximum Gasteiger partial charge on any atom is 0.119 e. The van der Waals surface area contributed by atoms with E-state index in [0.717, 1.165) is 37.8 Å². The summed E-state index contributed by atoms with van der Waals surface area (Å²) in [6.07, 6.45) is 1.10. The van der Waals surface area contributed by atoms with Crippen LogP contribution in [0.25, 0.3) is 0 Å². The molecule has 1 unspecified atom stereocenters. The van der Waals surface area contributed by atoms with Crippen LogP contribution in [0.4, 0.5) is 0 Å². The highest BCUT2D eigenvalue weighted by Gasteiger charge is 2.05. The lowest BCUT2D eigenvalue weighted by Crippen LogP contribution is -2.26. The van der Waals surface area contributed by atoms with Crippen LogP contribution in [-0.2, 0) is 6.42 Å². The molecule has 1 atom stereocenters. The van der Waals surface area contributed by atoms with Crippen molar-refractivity contribution in [1.29, 1.82) is 0 Å². The summed E-state index contributed by atoms with van der Waals surface area (Å²) in [5, 5.41) is 3.51. The predicted octanol–water partition coefficient (Wildman–Crippen LogP) is 3.51. The monoisotopic (exact) mass is 249 g/mol. The largest absolute Gasteiger partial charge is 0.494 e. The molecule has 0 aliphatic carbocycles. The summed E-state index contributed by atoms with van der Waals surface area (Å²) in [7, 11) is 0. The number of ether oxygens (including phenoxy) is 1. The Balaban J connectivity index is 2.38. The summed E-state index contributed by atoms with van der Waals surface area (Å²) >= 11 is 0. The third-order valence-electron chi connectivity index (χ3n) is 2.84. The van der Waals surface area contributed by atoms with Gasteiger partial charge in [-0.2, -0.15) is 0 Å². The van der Waals surface area contributed by atoms with Gasteiger partial charge in [0.2, 0.25) is 0 Å². The Morgan fingerprint density at radius 2 is 1.94 bits per heavy atom. The van der Waals surface area contributed by atoms with Crippen molar-refractivity contribution < 1.29 is 4.74 Å². The van der Waals surface area contributed by atoms with Gasteiger partial charge in [-0.05, 0) is 56.0 Å². The maximum absolute atomic E-state index is 5.53. The number of hydrogen-bond donors (Lipinski definition) is 1. The SMILES string of the molecule is CCOc1cccc(CC(C)CNCC(C)C)c1. The van der Waals surface area contributed by atoms with E-state index in [9.17, 15) is 0 Å². The van der Waals surface area contributed by atoms with Crippen LogP contribution in [0.1, 0.15) is 33.3 Å². The normalized spacial score (nSPS) is 12.7. The number of rotatable bonds is 8. The first kappa shape index (κ1) is 15.0. The lowest BCUT2D eigenvalue weighted by Gasteiger charge is -2.14. The zero-order chi connectivity index (χ0) is 13.4. The first-order chi connectivity index (χ1) is 8.61. The van der Waals surface area contributed by atoms with E-state index >= 15 is 0 Å². The van der Waals surface area contributed by atoms with E-state index < -0.39 is 0 Å². The summed E-state index contributed by atoms with van der Waals surface area (Å²) in [5.41, 5.74) is 1.36. The van der Waals surface area contributed by atoms with E-state index in [-0.39, 0.29) is 0 Å². The van der Waals surface area contributed by atoms with Crippen LogP contribution in [0.3, 0.4) is 0 Å². The molecule has 0 radical (unpaired) electrons. The Labute approximate surface area is 112 Å². The summed E-state index contributed by atoms with van der Waals surface area (Å²) in [4.78, 5) is 0. The molecule has 2 heteroatoms. The highest BCUT2D eigenvalue weighted by atomic mass is 16.5. The third kappa shape index (κ3) is 6.06. The molecule has 0 aliphatic heterocycles. The van der Waals surface area contributed by atoms with Crippen molar-refractivity contribution in [2.45, 2.75) is 34.1 Å². The molecule has 1 rings (SSSR count). The van der Waals surface area contributed by atoms with Gasteiger partial charge in [0, 0.05) is 0 Å². The van der Waals surface area contributed by atoms with Gasteiger partial charge < -0.3 is 10.1 Å². The Bertz CT molecular complexity index is 336. The van der Waals surface area contributed by atoms with Crippen LogP contribution >= 0.6 is 0 Å². The minimum Gasteiger partial charge on any atom is -0.494 e. The zero-order valence-corrected chi connectivity index (χ0v) is 12.2. The van der Waals surface area contributed by atoms with Gasteiger partial charge in [-0.15, -0.1) is 0 Å². The molecular formula is C16H27NO. The summed E-state index contributed by atoms with van der Waals surface area (Å²) < 4.78 is 5.53. The Morgan fingerprint density at radius 3 is 2.61 bits per heavy atom. The quantitative estimate of drug-likeness (QED) is 0.761. The second kappa shape index (κ2) is 8.15. The molecule has 1 aromatic rings. The van der Waals surface area contributed by atoms with Crippen molar-refractivity contribution >= 4 is 0 Å². The second-order valence-corrected chi connectivity index (χ2v) is 5.44. The van der Waals surface area contributed by atoms with Gasteiger partial charge in [0.15, 0.2) is 0 Å². The average Bonchev–Trinajstić information content (AvgIpc) is 2.29. The molecule has 0 aromatic heterocycles. The molecule has 0 amide bonds. The smallest absolute Gasteiger partial charge is 0.119 e. The van der Waals surface area contributed by atoms with Crippen molar-refractivity contribution in [3.8, 4) is 5.75 Å². The fourth-order valence-corrected chi connectivity index (χ4v) is 2.02. The second-order valence-electron chi connectivity index (χ2n) is 5.44. The number of benzene rings is 1. The molecule has 0 aliphatic rings. The molecular weight excluding hydrogens is 222 g/mol. The van der Waals surface area contributed by atoms with E-state index in [1.807, 2.05) is 13.0 Å². The Kier molecular flexibility index (Phi) is 6.81. The van der Waals surface area contributed by atoms with Crippen LogP contribution in [0.2, 0.25) is 0 Å². The minimum absolute atomic E-state index is 0.653. The minimum atomic E-state index is 0.653. The van der Waals surface area contributed by atoms with E-state index in [0.29, 0.717) is 5.92 Å². The highest BCUT2D eigenvalue weighted by molar-refractivity contribution is 5.28. The first-order valence-corrected chi connectivity index (χ1v) is 7.04. The average molecular weight is 249 g/mol. The van der Waals surface area contributed by atoms with E-state index in [1.54, 1.807) is 0 Å². The zero-order valence-electron chi connectivity index (χ0n) is 12.2. The van der Waals surface area contributed by atoms with Crippen molar-refractivity contribution in [2.75, 3.05) is 19.7 Å². The molecule has 0 fully saturated rings. The van der Waals surface area contributed by atoms with Gasteiger partial charge in [0.25, 0.3) is 0 Å². The maximum atomic E-state index is 5.53. The fourth-order valence-electron chi connectivity index (χ4n) is 2.02. The van der Waals surface area contributed by atoms with Gasteiger partial charge in [-0.1, -0.05) is 32.9 Å². The van der Waals surface area contributed by atoms with Crippen LogP contribution in [0.15, 0.2) is 24.3 Å². The standard InChI is InChI=1S/C16H27NO/c1-5-18-16-8-6-7-15(10-16)9-14(4)12-17-11-13(2)3/h6-8,10,13-14,17H,5,9,11-12H2,1-4H3. The molecule has 0 saturated heterocycles. The van der Waals surface area contributed by atoms with Crippen LogP contribution in [0.5, 0.6) is 5.75 Å². The summed E-state index contributed by atoms with van der Waals surface area (Å²) in [6, 6.07) is 8.44. The van der Waals surface area contributed by atoms with Gasteiger partial charge in [-0.25, -0.2) is 0 Å². The lowest BCUT2D eigenvalue weighted by molar-refractivity contribution is 0.339. The Hall–Kier alpha value is -1.02. The fraction of sp³-hybridized carbons (Fsp3) is 0.625. The highest BCUT2D eigenvalue weighted by Crippen LogP contribution is 2.16. The molecule has 18 heavy (non-hydrogen) atoms. The summed E-state index contributed by atoms with van der Waals surface area (Å²) in [5.74, 6) is 2.36. The molecule has 1 aromatic carbocycles. The molecule has 0 bridgehead atoms. The van der Waals surface area contributed by atoms with Crippen LogP contribution < -0.4 is 10.1 Å². The van der Waals surface area contributed by atoms with Crippen LogP contribution in [-0.4, -0.2) is 19.7 Å². The third-order valence-corrected chi connectivity index (χ3v) is 2.84.